The minimum atomic E-state index is -1.16. The SMILES string of the molecule is Cc1ccn2c(CC(NC(=O)OC(C)(C)C)C(=O)O)c(-c3ccccc3)nc2c1. The second-order valence-corrected chi connectivity index (χ2v) is 7.95. The molecule has 0 radical (unpaired) electrons. The van der Waals surface area contributed by atoms with Crippen LogP contribution in [0, 0.1) is 6.92 Å². The van der Waals surface area contributed by atoms with Crippen molar-refractivity contribution in [3.05, 3.63) is 59.9 Å². The van der Waals surface area contributed by atoms with Crippen molar-refractivity contribution in [2.45, 2.75) is 45.8 Å². The van der Waals surface area contributed by atoms with Gasteiger partial charge in [-0.25, -0.2) is 14.6 Å². The molecular formula is C22H25N3O4. The van der Waals surface area contributed by atoms with Gasteiger partial charge in [0, 0.05) is 18.2 Å². The van der Waals surface area contributed by atoms with Gasteiger partial charge in [-0.2, -0.15) is 0 Å². The van der Waals surface area contributed by atoms with Crippen LogP contribution in [-0.2, 0) is 16.0 Å². The highest BCUT2D eigenvalue weighted by molar-refractivity contribution is 5.81. The van der Waals surface area contributed by atoms with Crippen molar-refractivity contribution in [1.82, 2.24) is 14.7 Å². The van der Waals surface area contributed by atoms with Gasteiger partial charge in [-0.1, -0.05) is 30.3 Å². The predicted octanol–water partition coefficient (Wildman–Crippen LogP) is 3.83. The number of ether oxygens (including phenoxy) is 1. The van der Waals surface area contributed by atoms with Crippen LogP contribution in [0.3, 0.4) is 0 Å². The van der Waals surface area contributed by atoms with E-state index in [0.29, 0.717) is 11.4 Å². The first kappa shape index (κ1) is 20.4. The van der Waals surface area contributed by atoms with Crippen LogP contribution in [0.1, 0.15) is 32.0 Å². The Hall–Kier alpha value is -3.35. The zero-order valence-electron chi connectivity index (χ0n) is 17.0. The molecule has 152 valence electrons. The van der Waals surface area contributed by atoms with Gasteiger partial charge in [-0.05, 0) is 45.4 Å². The van der Waals surface area contributed by atoms with Crippen molar-refractivity contribution in [1.29, 1.82) is 0 Å². The summed E-state index contributed by atoms with van der Waals surface area (Å²) in [5.74, 6) is -1.14. The summed E-state index contributed by atoms with van der Waals surface area (Å²) in [5, 5.41) is 12.2. The van der Waals surface area contributed by atoms with E-state index in [1.54, 1.807) is 20.8 Å². The number of hydrogen-bond donors (Lipinski definition) is 2. The number of hydrogen-bond acceptors (Lipinski definition) is 4. The summed E-state index contributed by atoms with van der Waals surface area (Å²) in [5.41, 5.74) is 3.33. The number of nitrogens with zero attached hydrogens (tertiary/aromatic N) is 2. The number of aliphatic carboxylic acids is 1. The number of aryl methyl sites for hydroxylation is 1. The van der Waals surface area contributed by atoms with Crippen LogP contribution >= 0.6 is 0 Å². The number of pyridine rings is 1. The van der Waals surface area contributed by atoms with Crippen LogP contribution in [0.4, 0.5) is 4.79 Å². The third-order valence-electron chi connectivity index (χ3n) is 4.31. The number of carbonyl (C=O) groups excluding carboxylic acids is 1. The Balaban J connectivity index is 2.00. The second kappa shape index (κ2) is 7.95. The molecule has 2 aromatic heterocycles. The van der Waals surface area contributed by atoms with Crippen LogP contribution in [-0.4, -0.2) is 38.2 Å². The summed E-state index contributed by atoms with van der Waals surface area (Å²) in [6.45, 7) is 7.15. The van der Waals surface area contributed by atoms with Gasteiger partial charge >= 0.3 is 12.1 Å². The fraction of sp³-hybridized carbons (Fsp3) is 0.318. The molecule has 1 amide bonds. The highest BCUT2D eigenvalue weighted by Crippen LogP contribution is 2.26. The van der Waals surface area contributed by atoms with E-state index in [0.717, 1.165) is 16.8 Å². The molecule has 0 aliphatic carbocycles. The summed E-state index contributed by atoms with van der Waals surface area (Å²) in [4.78, 5) is 28.7. The van der Waals surface area contributed by atoms with Gasteiger partial charge in [0.2, 0.25) is 0 Å². The highest BCUT2D eigenvalue weighted by Gasteiger charge is 2.27. The molecule has 2 N–H and O–H groups in total. The first-order valence-electron chi connectivity index (χ1n) is 9.39. The lowest BCUT2D eigenvalue weighted by Gasteiger charge is -2.22. The number of fused-ring (bicyclic) bond motifs is 1. The normalized spacial score (nSPS) is 12.6. The topological polar surface area (TPSA) is 92.9 Å². The molecule has 0 saturated carbocycles. The minimum absolute atomic E-state index is 0.0586. The Bertz CT molecular complexity index is 1040. The van der Waals surface area contributed by atoms with E-state index in [2.05, 4.69) is 5.32 Å². The summed E-state index contributed by atoms with van der Waals surface area (Å²) < 4.78 is 7.08. The van der Waals surface area contributed by atoms with Crippen molar-refractivity contribution in [2.24, 2.45) is 0 Å². The van der Waals surface area contributed by atoms with Gasteiger partial charge < -0.3 is 19.6 Å². The van der Waals surface area contributed by atoms with Gasteiger partial charge in [0.1, 0.15) is 17.3 Å². The maximum Gasteiger partial charge on any atom is 0.408 e. The number of alkyl carbamates (subject to hydrolysis) is 1. The van der Waals surface area contributed by atoms with Gasteiger partial charge in [-0.15, -0.1) is 0 Å². The number of nitrogens with one attached hydrogen (secondary N) is 1. The molecule has 3 rings (SSSR count). The van der Waals surface area contributed by atoms with Crippen molar-refractivity contribution >= 4 is 17.7 Å². The molecule has 0 spiro atoms. The van der Waals surface area contributed by atoms with Gasteiger partial charge in [0.25, 0.3) is 0 Å². The number of imidazole rings is 1. The Morgan fingerprint density at radius 1 is 1.21 bits per heavy atom. The van der Waals surface area contributed by atoms with E-state index in [1.165, 1.54) is 0 Å². The molecule has 1 aromatic carbocycles. The Kier molecular flexibility index (Phi) is 5.59. The van der Waals surface area contributed by atoms with E-state index in [4.69, 9.17) is 9.72 Å². The highest BCUT2D eigenvalue weighted by atomic mass is 16.6. The smallest absolute Gasteiger partial charge is 0.408 e. The number of carboxylic acid groups (broad SMARTS) is 1. The molecule has 2 heterocycles. The van der Waals surface area contributed by atoms with Crippen molar-refractivity contribution in [3.8, 4) is 11.3 Å². The Morgan fingerprint density at radius 3 is 2.52 bits per heavy atom. The minimum Gasteiger partial charge on any atom is -0.480 e. The Labute approximate surface area is 169 Å². The first-order valence-corrected chi connectivity index (χ1v) is 9.39. The van der Waals surface area contributed by atoms with Crippen LogP contribution in [0.15, 0.2) is 48.7 Å². The van der Waals surface area contributed by atoms with E-state index in [1.807, 2.05) is 60.0 Å². The summed E-state index contributed by atoms with van der Waals surface area (Å²) >= 11 is 0. The number of carboxylic acids is 1. The lowest BCUT2D eigenvalue weighted by atomic mass is 10.1. The molecule has 0 saturated heterocycles. The summed E-state index contributed by atoms with van der Waals surface area (Å²) in [6, 6.07) is 12.3. The number of carbonyl (C=O) groups is 2. The fourth-order valence-corrected chi connectivity index (χ4v) is 3.06. The molecule has 1 atom stereocenters. The average Bonchev–Trinajstić information content (AvgIpc) is 2.97. The lowest BCUT2D eigenvalue weighted by Crippen LogP contribution is -2.44. The van der Waals surface area contributed by atoms with E-state index >= 15 is 0 Å². The maximum absolute atomic E-state index is 12.1. The molecule has 3 aromatic rings. The van der Waals surface area contributed by atoms with Crippen molar-refractivity contribution in [3.63, 3.8) is 0 Å². The quantitative estimate of drug-likeness (QED) is 0.685. The van der Waals surface area contributed by atoms with Crippen LogP contribution in [0.5, 0.6) is 0 Å². The van der Waals surface area contributed by atoms with Crippen LogP contribution < -0.4 is 5.32 Å². The van der Waals surface area contributed by atoms with E-state index in [9.17, 15) is 14.7 Å². The number of aromatic nitrogens is 2. The fourth-order valence-electron chi connectivity index (χ4n) is 3.06. The molecule has 7 nitrogen and oxygen atoms in total. The molecular weight excluding hydrogens is 370 g/mol. The van der Waals surface area contributed by atoms with E-state index in [-0.39, 0.29) is 6.42 Å². The molecule has 0 aliphatic rings. The van der Waals surface area contributed by atoms with Crippen molar-refractivity contribution < 1.29 is 19.4 Å². The maximum atomic E-state index is 12.1. The lowest BCUT2D eigenvalue weighted by molar-refractivity contribution is -0.139. The van der Waals surface area contributed by atoms with Gasteiger partial charge in [-0.3, -0.25) is 0 Å². The van der Waals surface area contributed by atoms with E-state index < -0.39 is 23.7 Å². The number of amides is 1. The molecule has 7 heteroatoms. The molecule has 29 heavy (non-hydrogen) atoms. The second-order valence-electron chi connectivity index (χ2n) is 7.95. The van der Waals surface area contributed by atoms with Crippen molar-refractivity contribution in [2.75, 3.05) is 0 Å². The zero-order valence-corrected chi connectivity index (χ0v) is 17.0. The standard InChI is InChI=1S/C22H25N3O4/c1-14-10-11-25-17(13-16(20(26)27)23-21(28)29-22(2,3)4)19(24-18(25)12-14)15-8-6-5-7-9-15/h5-12,16H,13H2,1-4H3,(H,23,28)(H,26,27). The zero-order chi connectivity index (χ0) is 21.2. The number of benzene rings is 1. The largest absolute Gasteiger partial charge is 0.480 e. The van der Waals surface area contributed by atoms with Crippen LogP contribution in [0.2, 0.25) is 0 Å². The van der Waals surface area contributed by atoms with Crippen LogP contribution in [0.25, 0.3) is 16.9 Å². The molecule has 1 unspecified atom stereocenters. The first-order chi connectivity index (χ1) is 13.6. The third kappa shape index (κ3) is 4.93. The summed E-state index contributed by atoms with van der Waals surface area (Å²) in [7, 11) is 0. The average molecular weight is 395 g/mol. The Morgan fingerprint density at radius 2 is 1.90 bits per heavy atom. The molecule has 0 fully saturated rings. The molecule has 0 bridgehead atoms. The summed E-state index contributed by atoms with van der Waals surface area (Å²) in [6.07, 6.45) is 1.16. The predicted molar refractivity (Wildman–Crippen MR) is 110 cm³/mol. The number of rotatable bonds is 5. The molecule has 0 aliphatic heterocycles. The monoisotopic (exact) mass is 395 g/mol. The van der Waals surface area contributed by atoms with Gasteiger partial charge in [0.05, 0.1) is 11.4 Å². The van der Waals surface area contributed by atoms with Gasteiger partial charge in [0.15, 0.2) is 0 Å². The third-order valence-corrected chi connectivity index (χ3v) is 4.31.